The number of aryl methyl sites for hydroxylation is 1. The van der Waals surface area contributed by atoms with Gasteiger partial charge in [-0.3, -0.25) is 0 Å². The minimum Gasteiger partial charge on any atom is -0.487 e. The maximum absolute atomic E-state index is 6.54. The smallest absolute Gasteiger partial charge is 0.278 e. The van der Waals surface area contributed by atoms with Crippen molar-refractivity contribution in [3.63, 3.8) is 0 Å². The van der Waals surface area contributed by atoms with E-state index in [0.29, 0.717) is 43.5 Å². The first-order chi connectivity index (χ1) is 15.8. The third kappa shape index (κ3) is 4.28. The van der Waals surface area contributed by atoms with Gasteiger partial charge in [-0.1, -0.05) is 46.5 Å². The summed E-state index contributed by atoms with van der Waals surface area (Å²) in [6, 6.07) is 5.22. The second-order valence-electron chi connectivity index (χ2n) is 8.13. The predicted molar refractivity (Wildman–Crippen MR) is 129 cm³/mol. The van der Waals surface area contributed by atoms with Crippen molar-refractivity contribution in [2.24, 2.45) is 0 Å². The average molecular weight is 505 g/mol. The third-order valence-electron chi connectivity index (χ3n) is 5.62. The Morgan fingerprint density at radius 1 is 1.09 bits per heavy atom. The first kappa shape index (κ1) is 22.1. The molecule has 10 heteroatoms. The highest BCUT2D eigenvalue weighted by Gasteiger charge is 2.23. The molecule has 0 aliphatic carbocycles. The summed E-state index contributed by atoms with van der Waals surface area (Å²) in [7, 11) is 2.00. The van der Waals surface area contributed by atoms with Crippen LogP contribution in [0.5, 0.6) is 5.75 Å². The number of benzene rings is 1. The van der Waals surface area contributed by atoms with Gasteiger partial charge in [0.25, 0.3) is 5.89 Å². The van der Waals surface area contributed by atoms with Gasteiger partial charge in [0, 0.05) is 36.8 Å². The molecule has 1 aliphatic heterocycles. The Balaban J connectivity index is 1.41. The molecule has 7 nitrogen and oxygen atoms in total. The van der Waals surface area contributed by atoms with Crippen LogP contribution >= 0.6 is 34.8 Å². The van der Waals surface area contributed by atoms with Gasteiger partial charge in [0.05, 0.1) is 21.6 Å². The zero-order valence-corrected chi connectivity index (χ0v) is 20.2. The number of nitrogens with zero attached hydrogens (tertiary/aromatic N) is 5. The van der Waals surface area contributed by atoms with Crippen molar-refractivity contribution in [2.45, 2.75) is 25.9 Å². The summed E-state index contributed by atoms with van der Waals surface area (Å²) >= 11 is 19.4. The van der Waals surface area contributed by atoms with Crippen LogP contribution in [0.25, 0.3) is 28.6 Å². The molecule has 1 aliphatic rings. The van der Waals surface area contributed by atoms with Gasteiger partial charge in [0.15, 0.2) is 5.65 Å². The Kier molecular flexibility index (Phi) is 5.72. The number of pyridine rings is 1. The Bertz CT molecular complexity index is 1380. The topological polar surface area (TPSA) is 68.7 Å². The van der Waals surface area contributed by atoms with Crippen molar-refractivity contribution < 1.29 is 9.26 Å². The highest BCUT2D eigenvalue weighted by Crippen LogP contribution is 2.37. The number of ether oxygens (including phenoxy) is 1. The molecule has 0 bridgehead atoms. The summed E-state index contributed by atoms with van der Waals surface area (Å²) in [6.45, 7) is 6.74. The van der Waals surface area contributed by atoms with Crippen LogP contribution in [0, 0.1) is 6.92 Å². The number of rotatable bonds is 4. The minimum absolute atomic E-state index is 0.00204. The standard InChI is InChI=1S/C23H20Cl3N5O2/c1-12-6-18(26)22-27-19(11-31(22)9-12)23-28-21(29-33-23)15-7-17(25)20(8-16(15)24)32-14-5-4-13(2)30(3)10-14/h6-9,11,14H,2,4-5,10H2,1,3H3/t14-/m1/s1. The fourth-order valence-electron chi connectivity index (χ4n) is 3.84. The SMILES string of the molecule is C=C1CC[C@@H](Oc2cc(Cl)c(-c3noc(-c4cn5cc(C)cc(Cl)c5n4)n3)cc2Cl)CN1C. The molecule has 0 unspecified atom stereocenters. The van der Waals surface area contributed by atoms with Crippen LogP contribution in [0.15, 0.2) is 47.4 Å². The highest BCUT2D eigenvalue weighted by atomic mass is 35.5. The number of piperidine rings is 1. The van der Waals surface area contributed by atoms with E-state index in [9.17, 15) is 0 Å². The lowest BCUT2D eigenvalue weighted by Crippen LogP contribution is -2.37. The lowest BCUT2D eigenvalue weighted by atomic mass is 10.1. The minimum atomic E-state index is 0.00204. The molecule has 0 radical (unpaired) electrons. The maximum Gasteiger partial charge on any atom is 0.278 e. The zero-order chi connectivity index (χ0) is 23.3. The quantitative estimate of drug-likeness (QED) is 0.324. The zero-order valence-electron chi connectivity index (χ0n) is 18.0. The van der Waals surface area contributed by atoms with E-state index in [-0.39, 0.29) is 12.0 Å². The number of aromatic nitrogens is 4. The van der Waals surface area contributed by atoms with Crippen LogP contribution in [-0.4, -0.2) is 44.1 Å². The number of likely N-dealkylation sites (N-methyl/N-ethyl adjacent to an activating group) is 1. The van der Waals surface area contributed by atoms with Gasteiger partial charge in [-0.15, -0.1) is 0 Å². The Labute approximate surface area is 205 Å². The third-order valence-corrected chi connectivity index (χ3v) is 6.50. The number of hydrogen-bond acceptors (Lipinski definition) is 6. The molecule has 0 amide bonds. The highest BCUT2D eigenvalue weighted by molar-refractivity contribution is 6.36. The molecule has 4 heterocycles. The summed E-state index contributed by atoms with van der Waals surface area (Å²) < 4.78 is 13.4. The van der Waals surface area contributed by atoms with Gasteiger partial charge in [-0.25, -0.2) is 4.98 Å². The van der Waals surface area contributed by atoms with E-state index in [2.05, 4.69) is 26.6 Å². The van der Waals surface area contributed by atoms with Gasteiger partial charge in [0.1, 0.15) is 17.5 Å². The predicted octanol–water partition coefficient (Wildman–Crippen LogP) is 6.31. The lowest BCUT2D eigenvalue weighted by Gasteiger charge is -2.33. The first-order valence-corrected chi connectivity index (χ1v) is 11.5. The van der Waals surface area contributed by atoms with Crippen LogP contribution in [0.2, 0.25) is 15.1 Å². The van der Waals surface area contributed by atoms with Gasteiger partial charge < -0.3 is 18.6 Å². The van der Waals surface area contributed by atoms with E-state index in [1.54, 1.807) is 18.3 Å². The second kappa shape index (κ2) is 8.56. The fraction of sp³-hybridized carbons (Fsp3) is 0.261. The summed E-state index contributed by atoms with van der Waals surface area (Å²) in [6.07, 6.45) is 5.46. The number of allylic oxidation sites excluding steroid dienone is 1. The second-order valence-corrected chi connectivity index (χ2v) is 9.35. The summed E-state index contributed by atoms with van der Waals surface area (Å²) in [4.78, 5) is 11.1. The van der Waals surface area contributed by atoms with E-state index in [1.807, 2.05) is 30.6 Å². The summed E-state index contributed by atoms with van der Waals surface area (Å²) in [5.74, 6) is 1.07. The van der Waals surface area contributed by atoms with E-state index in [1.165, 1.54) is 0 Å². The Hall–Kier alpha value is -2.74. The maximum atomic E-state index is 6.54. The average Bonchev–Trinajstić information content (AvgIpc) is 3.40. The van der Waals surface area contributed by atoms with Gasteiger partial charge >= 0.3 is 0 Å². The molecule has 1 saturated heterocycles. The van der Waals surface area contributed by atoms with Crippen molar-refractivity contribution in [3.8, 4) is 28.7 Å². The molecule has 0 spiro atoms. The van der Waals surface area contributed by atoms with Gasteiger partial charge in [0.2, 0.25) is 5.82 Å². The van der Waals surface area contributed by atoms with Gasteiger partial charge in [-0.2, -0.15) is 4.98 Å². The number of imidazole rings is 1. The van der Waals surface area contributed by atoms with Crippen molar-refractivity contribution in [3.05, 3.63) is 63.5 Å². The molecule has 1 atom stereocenters. The molecular formula is C23H20Cl3N5O2. The van der Waals surface area contributed by atoms with E-state index < -0.39 is 0 Å². The molecule has 0 saturated carbocycles. The molecular weight excluding hydrogens is 485 g/mol. The van der Waals surface area contributed by atoms with Crippen LogP contribution in [0.4, 0.5) is 0 Å². The van der Waals surface area contributed by atoms with Crippen molar-refractivity contribution in [1.82, 2.24) is 24.4 Å². The summed E-state index contributed by atoms with van der Waals surface area (Å²) in [5, 5.41) is 5.44. The van der Waals surface area contributed by atoms with Crippen molar-refractivity contribution in [1.29, 1.82) is 0 Å². The molecule has 33 heavy (non-hydrogen) atoms. The van der Waals surface area contributed by atoms with Crippen molar-refractivity contribution >= 4 is 40.4 Å². The molecule has 4 aromatic rings. The fourth-order valence-corrected chi connectivity index (χ4v) is 4.60. The monoisotopic (exact) mass is 503 g/mol. The molecule has 1 aromatic carbocycles. The van der Waals surface area contributed by atoms with E-state index in [4.69, 9.17) is 44.1 Å². The number of hydrogen-bond donors (Lipinski definition) is 0. The first-order valence-electron chi connectivity index (χ1n) is 10.3. The number of likely N-dealkylation sites (tertiary alicyclic amines) is 1. The molecule has 170 valence electrons. The largest absolute Gasteiger partial charge is 0.487 e. The van der Waals surface area contributed by atoms with Crippen molar-refractivity contribution in [2.75, 3.05) is 13.6 Å². The van der Waals surface area contributed by atoms with E-state index in [0.717, 1.165) is 30.6 Å². The van der Waals surface area contributed by atoms with Crippen LogP contribution in [0.1, 0.15) is 18.4 Å². The van der Waals surface area contributed by atoms with Crippen LogP contribution in [-0.2, 0) is 0 Å². The number of fused-ring (bicyclic) bond motifs is 1. The van der Waals surface area contributed by atoms with E-state index >= 15 is 0 Å². The molecule has 3 aromatic heterocycles. The molecule has 0 N–H and O–H groups in total. The molecule has 5 rings (SSSR count). The molecule has 1 fully saturated rings. The normalized spacial score (nSPS) is 16.6. The Morgan fingerprint density at radius 3 is 2.70 bits per heavy atom. The summed E-state index contributed by atoms with van der Waals surface area (Å²) in [5.41, 5.74) is 3.76. The Morgan fingerprint density at radius 2 is 1.91 bits per heavy atom. The van der Waals surface area contributed by atoms with Crippen LogP contribution < -0.4 is 4.74 Å². The van der Waals surface area contributed by atoms with Gasteiger partial charge in [-0.05, 0) is 37.5 Å². The van der Waals surface area contributed by atoms with Crippen LogP contribution in [0.3, 0.4) is 0 Å². The lowest BCUT2D eigenvalue weighted by molar-refractivity contribution is 0.128. The number of halogens is 3.